The molecule has 3 rings (SSSR count). The molecule has 0 bridgehead atoms. The summed E-state index contributed by atoms with van der Waals surface area (Å²) < 4.78 is 12.2. The van der Waals surface area contributed by atoms with Crippen molar-refractivity contribution in [1.29, 1.82) is 0 Å². The van der Waals surface area contributed by atoms with Crippen molar-refractivity contribution >= 4 is 21.8 Å². The van der Waals surface area contributed by atoms with Crippen LogP contribution in [0.25, 0.3) is 11.3 Å². The molecule has 1 N–H and O–H groups in total. The van der Waals surface area contributed by atoms with Crippen LogP contribution in [0, 0.1) is 0 Å². The summed E-state index contributed by atoms with van der Waals surface area (Å²) in [7, 11) is 1.77. The van der Waals surface area contributed by atoms with E-state index in [0.717, 1.165) is 27.3 Å². The third-order valence-electron chi connectivity index (χ3n) is 4.14. The second-order valence-electron chi connectivity index (χ2n) is 6.14. The highest BCUT2D eigenvalue weighted by molar-refractivity contribution is 9.10. The Balaban J connectivity index is 1.53. The van der Waals surface area contributed by atoms with Crippen molar-refractivity contribution in [3.63, 3.8) is 0 Å². The minimum Gasteiger partial charge on any atom is -0.468 e. The van der Waals surface area contributed by atoms with E-state index in [4.69, 9.17) is 8.83 Å². The Morgan fingerprint density at radius 2 is 1.96 bits per heavy atom. The van der Waals surface area contributed by atoms with Gasteiger partial charge < -0.3 is 13.7 Å². The second-order valence-corrected chi connectivity index (χ2v) is 7.06. The fourth-order valence-corrected chi connectivity index (χ4v) is 2.83. The summed E-state index contributed by atoms with van der Waals surface area (Å²) in [4.78, 5) is 14.0. The Kier molecular flexibility index (Phi) is 5.96. The highest BCUT2D eigenvalue weighted by Gasteiger charge is 2.15. The molecule has 2 heterocycles. The van der Waals surface area contributed by atoms with Gasteiger partial charge in [-0.2, -0.15) is 0 Å². The maximum Gasteiger partial charge on any atom is 0.236 e. The zero-order valence-corrected chi connectivity index (χ0v) is 16.3. The molecule has 0 unspecified atom stereocenters. The molecule has 0 saturated carbocycles. The number of rotatable bonds is 7. The zero-order chi connectivity index (χ0) is 18.5. The summed E-state index contributed by atoms with van der Waals surface area (Å²) in [5, 5.41) is 3.17. The molecule has 0 saturated heterocycles. The van der Waals surface area contributed by atoms with Crippen LogP contribution in [-0.4, -0.2) is 24.4 Å². The van der Waals surface area contributed by atoms with E-state index in [1.54, 1.807) is 18.2 Å². The number of hydrogen-bond acceptors (Lipinski definition) is 4. The molecule has 0 aliphatic rings. The van der Waals surface area contributed by atoms with Gasteiger partial charge in [-0.3, -0.25) is 10.1 Å². The molecule has 1 amide bonds. The average molecular weight is 417 g/mol. The Morgan fingerprint density at radius 3 is 2.65 bits per heavy atom. The van der Waals surface area contributed by atoms with Crippen LogP contribution in [0.15, 0.2) is 68.1 Å². The van der Waals surface area contributed by atoms with Crippen molar-refractivity contribution in [3.05, 3.63) is 70.8 Å². The molecule has 3 aromatic rings. The highest BCUT2D eigenvalue weighted by Crippen LogP contribution is 2.24. The lowest BCUT2D eigenvalue weighted by atomic mass is 10.2. The van der Waals surface area contributed by atoms with Gasteiger partial charge in [-0.1, -0.05) is 28.1 Å². The molecule has 0 aliphatic carbocycles. The molecular weight excluding hydrogens is 396 g/mol. The van der Waals surface area contributed by atoms with Gasteiger partial charge in [0.25, 0.3) is 0 Å². The van der Waals surface area contributed by atoms with Crippen LogP contribution in [0.4, 0.5) is 0 Å². The van der Waals surface area contributed by atoms with Gasteiger partial charge in [0.05, 0.1) is 25.4 Å². The molecule has 6 heteroatoms. The summed E-state index contributed by atoms with van der Waals surface area (Å²) in [6.07, 6.45) is 1.63. The number of furan rings is 2. The van der Waals surface area contributed by atoms with E-state index in [2.05, 4.69) is 21.2 Å². The summed E-state index contributed by atoms with van der Waals surface area (Å²) in [5.74, 6) is 2.34. The van der Waals surface area contributed by atoms with E-state index < -0.39 is 0 Å². The molecule has 1 aromatic carbocycles. The lowest BCUT2D eigenvalue weighted by molar-refractivity contribution is -0.129. The number of carbonyl (C=O) groups excluding carboxylic acids is 1. The lowest BCUT2D eigenvalue weighted by Crippen LogP contribution is -2.36. The van der Waals surface area contributed by atoms with Crippen LogP contribution in [0.2, 0.25) is 0 Å². The van der Waals surface area contributed by atoms with Crippen molar-refractivity contribution in [3.8, 4) is 11.3 Å². The number of amides is 1. The molecular formula is C20H21BrN2O3. The van der Waals surface area contributed by atoms with Gasteiger partial charge in [-0.25, -0.2) is 0 Å². The maximum atomic E-state index is 12.3. The smallest absolute Gasteiger partial charge is 0.236 e. The Labute approximate surface area is 161 Å². The van der Waals surface area contributed by atoms with Gasteiger partial charge in [-0.05, 0) is 43.3 Å². The van der Waals surface area contributed by atoms with Crippen molar-refractivity contribution in [1.82, 2.24) is 10.2 Å². The van der Waals surface area contributed by atoms with E-state index in [1.807, 2.05) is 55.5 Å². The first kappa shape index (κ1) is 18.5. The molecule has 2 aromatic heterocycles. The zero-order valence-electron chi connectivity index (χ0n) is 14.7. The molecule has 0 fully saturated rings. The standard InChI is InChI=1S/C20H21BrN2O3/c1-14(18-4-3-11-25-18)22-12-20(24)23(2)13-17-9-10-19(26-17)15-5-7-16(21)8-6-15/h3-11,14,22H,12-13H2,1-2H3/t14-/m0/s1. The third kappa shape index (κ3) is 4.65. The van der Waals surface area contributed by atoms with E-state index in [9.17, 15) is 4.79 Å². The van der Waals surface area contributed by atoms with Gasteiger partial charge in [0.2, 0.25) is 5.91 Å². The number of halogens is 1. The molecule has 1 atom stereocenters. The topological polar surface area (TPSA) is 58.6 Å². The van der Waals surface area contributed by atoms with Crippen LogP contribution in [-0.2, 0) is 11.3 Å². The second kappa shape index (κ2) is 8.38. The summed E-state index contributed by atoms with van der Waals surface area (Å²) in [5.41, 5.74) is 1.00. The van der Waals surface area contributed by atoms with E-state index in [0.29, 0.717) is 6.54 Å². The predicted octanol–water partition coefficient (Wildman–Crippen LogP) is 4.61. The van der Waals surface area contributed by atoms with E-state index in [1.165, 1.54) is 0 Å². The number of nitrogens with one attached hydrogen (secondary N) is 1. The van der Waals surface area contributed by atoms with Crippen molar-refractivity contribution < 1.29 is 13.6 Å². The first-order valence-corrected chi connectivity index (χ1v) is 9.17. The van der Waals surface area contributed by atoms with Gasteiger partial charge in [0.15, 0.2) is 0 Å². The third-order valence-corrected chi connectivity index (χ3v) is 4.67. The predicted molar refractivity (Wildman–Crippen MR) is 103 cm³/mol. The van der Waals surface area contributed by atoms with E-state index in [-0.39, 0.29) is 18.5 Å². The maximum absolute atomic E-state index is 12.3. The van der Waals surface area contributed by atoms with Crippen molar-refractivity contribution in [2.75, 3.05) is 13.6 Å². The molecule has 0 aliphatic heterocycles. The van der Waals surface area contributed by atoms with Gasteiger partial charge in [0.1, 0.15) is 17.3 Å². The molecule has 136 valence electrons. The van der Waals surface area contributed by atoms with Crippen LogP contribution in [0.3, 0.4) is 0 Å². The number of benzene rings is 1. The lowest BCUT2D eigenvalue weighted by Gasteiger charge is -2.18. The van der Waals surface area contributed by atoms with Gasteiger partial charge >= 0.3 is 0 Å². The molecule has 5 nitrogen and oxygen atoms in total. The van der Waals surface area contributed by atoms with Crippen LogP contribution in [0.1, 0.15) is 24.5 Å². The summed E-state index contributed by atoms with van der Waals surface area (Å²) in [6.45, 7) is 2.62. The SMILES string of the molecule is C[C@H](NCC(=O)N(C)Cc1ccc(-c2ccc(Br)cc2)o1)c1ccco1. The summed E-state index contributed by atoms with van der Waals surface area (Å²) in [6, 6.07) is 15.4. The number of nitrogens with zero attached hydrogens (tertiary/aromatic N) is 1. The van der Waals surface area contributed by atoms with Gasteiger partial charge in [0, 0.05) is 17.1 Å². The minimum absolute atomic E-state index is 0.00926. The van der Waals surface area contributed by atoms with Crippen LogP contribution < -0.4 is 5.32 Å². The number of carbonyl (C=O) groups is 1. The van der Waals surface area contributed by atoms with Crippen molar-refractivity contribution in [2.45, 2.75) is 19.5 Å². The van der Waals surface area contributed by atoms with Crippen molar-refractivity contribution in [2.24, 2.45) is 0 Å². The van der Waals surface area contributed by atoms with Crippen LogP contribution >= 0.6 is 15.9 Å². The number of hydrogen-bond donors (Lipinski definition) is 1. The molecule has 26 heavy (non-hydrogen) atoms. The molecule has 0 radical (unpaired) electrons. The summed E-state index contributed by atoms with van der Waals surface area (Å²) >= 11 is 3.42. The van der Waals surface area contributed by atoms with Gasteiger partial charge in [-0.15, -0.1) is 0 Å². The quantitative estimate of drug-likeness (QED) is 0.610. The fourth-order valence-electron chi connectivity index (χ4n) is 2.57. The Hall–Kier alpha value is -2.31. The monoisotopic (exact) mass is 416 g/mol. The first-order chi connectivity index (χ1) is 12.5. The molecule has 0 spiro atoms. The fraction of sp³-hybridized carbons (Fsp3) is 0.250. The highest BCUT2D eigenvalue weighted by atomic mass is 79.9. The normalized spacial score (nSPS) is 12.1. The first-order valence-electron chi connectivity index (χ1n) is 8.38. The Bertz CT molecular complexity index is 840. The average Bonchev–Trinajstić information content (AvgIpc) is 3.32. The largest absolute Gasteiger partial charge is 0.468 e. The minimum atomic E-state index is -0.0185. The van der Waals surface area contributed by atoms with E-state index >= 15 is 0 Å². The Morgan fingerprint density at radius 1 is 1.19 bits per heavy atom. The number of likely N-dealkylation sites (N-methyl/N-ethyl adjacent to an activating group) is 1. The van der Waals surface area contributed by atoms with Crippen LogP contribution in [0.5, 0.6) is 0 Å².